The van der Waals surface area contributed by atoms with E-state index in [1.807, 2.05) is 19.9 Å². The maximum absolute atomic E-state index is 13.7. The standard InChI is InChI=1S/C20H24FN5O2S/c1-12-7-15(26-29(3,4)27)9-17-19(12)20(24-11-23-17)25-16-6-5-14(21)8-18(16)28-13(2)10-22/h5-9,11,13H,3,10,22H2,1-2,4H3,(H,26,27)(H,23,24,25)/t13-,29?/m1/s1. The molecule has 0 aliphatic carbocycles. The molecule has 1 aromatic heterocycles. The van der Waals surface area contributed by atoms with E-state index in [4.69, 9.17) is 10.5 Å². The molecule has 0 bridgehead atoms. The lowest BCUT2D eigenvalue weighted by molar-refractivity contribution is 0.230. The van der Waals surface area contributed by atoms with Crippen LogP contribution < -0.4 is 20.5 Å². The van der Waals surface area contributed by atoms with Crippen molar-refractivity contribution in [1.29, 1.82) is 0 Å². The minimum absolute atomic E-state index is 0.276. The molecule has 3 aromatic rings. The van der Waals surface area contributed by atoms with Gasteiger partial charge in [0.05, 0.1) is 11.2 Å². The zero-order valence-electron chi connectivity index (χ0n) is 16.5. The van der Waals surface area contributed by atoms with Crippen LogP contribution in [0.15, 0.2) is 36.7 Å². The number of hydrogen-bond donors (Lipinski definition) is 3. The Morgan fingerprint density at radius 3 is 2.76 bits per heavy atom. The van der Waals surface area contributed by atoms with Crippen LogP contribution in [0.3, 0.4) is 0 Å². The van der Waals surface area contributed by atoms with Gasteiger partial charge in [0.15, 0.2) is 0 Å². The normalized spacial score (nSPS) is 14.2. The summed E-state index contributed by atoms with van der Waals surface area (Å²) in [5.41, 5.74) is 8.37. The highest BCUT2D eigenvalue weighted by atomic mass is 32.2. The first kappa shape index (κ1) is 20.8. The van der Waals surface area contributed by atoms with E-state index in [-0.39, 0.29) is 6.10 Å². The first-order valence-electron chi connectivity index (χ1n) is 8.95. The van der Waals surface area contributed by atoms with Crippen molar-refractivity contribution in [2.45, 2.75) is 20.0 Å². The third-order valence-corrected chi connectivity index (χ3v) is 4.79. The molecule has 0 saturated heterocycles. The van der Waals surface area contributed by atoms with Gasteiger partial charge >= 0.3 is 0 Å². The van der Waals surface area contributed by atoms with E-state index in [0.717, 1.165) is 10.9 Å². The Kier molecular flexibility index (Phi) is 5.90. The zero-order valence-corrected chi connectivity index (χ0v) is 17.3. The summed E-state index contributed by atoms with van der Waals surface area (Å²) in [6, 6.07) is 7.86. The maximum atomic E-state index is 13.7. The van der Waals surface area contributed by atoms with Crippen molar-refractivity contribution in [3.05, 3.63) is 48.0 Å². The molecule has 2 aromatic carbocycles. The number of aryl methyl sites for hydroxylation is 1. The SMILES string of the molecule is C=S(C)(=O)Nc1cc(C)c2c(Nc3ccc(F)cc3O[C@H](C)CN)ncnc2c1. The van der Waals surface area contributed by atoms with E-state index in [1.165, 1.54) is 24.7 Å². The van der Waals surface area contributed by atoms with Gasteiger partial charge in [0, 0.05) is 39.6 Å². The van der Waals surface area contributed by atoms with Crippen LogP contribution in [0.1, 0.15) is 12.5 Å². The maximum Gasteiger partial charge on any atom is 0.146 e. The Hall–Kier alpha value is -2.91. The summed E-state index contributed by atoms with van der Waals surface area (Å²) < 4.78 is 34.3. The minimum Gasteiger partial charge on any atom is -0.487 e. The molecular weight excluding hydrogens is 393 g/mol. The highest BCUT2D eigenvalue weighted by molar-refractivity contribution is 8.00. The molecule has 3 rings (SSSR count). The van der Waals surface area contributed by atoms with E-state index in [1.54, 1.807) is 12.1 Å². The fourth-order valence-corrected chi connectivity index (χ4v) is 3.50. The van der Waals surface area contributed by atoms with E-state index in [9.17, 15) is 8.60 Å². The van der Waals surface area contributed by atoms with Crippen molar-refractivity contribution in [3.63, 3.8) is 0 Å². The molecule has 7 nitrogen and oxygen atoms in total. The molecule has 1 unspecified atom stereocenters. The number of ether oxygens (including phenoxy) is 1. The lowest BCUT2D eigenvalue weighted by atomic mass is 10.1. The topological polar surface area (TPSA) is 102 Å². The van der Waals surface area contributed by atoms with Crippen molar-refractivity contribution < 1.29 is 13.3 Å². The van der Waals surface area contributed by atoms with Gasteiger partial charge in [-0.3, -0.25) is 0 Å². The number of rotatable bonds is 7. The van der Waals surface area contributed by atoms with Gasteiger partial charge in [0.1, 0.15) is 29.8 Å². The van der Waals surface area contributed by atoms with Crippen LogP contribution in [-0.2, 0) is 9.71 Å². The average molecular weight is 418 g/mol. The smallest absolute Gasteiger partial charge is 0.146 e. The number of aromatic nitrogens is 2. The first-order valence-corrected chi connectivity index (χ1v) is 11.1. The molecule has 0 amide bonds. The fraction of sp³-hybridized carbons (Fsp3) is 0.250. The summed E-state index contributed by atoms with van der Waals surface area (Å²) in [5.74, 6) is 4.09. The lowest BCUT2D eigenvalue weighted by Gasteiger charge is -2.18. The van der Waals surface area contributed by atoms with Gasteiger partial charge in [0.2, 0.25) is 0 Å². The molecule has 29 heavy (non-hydrogen) atoms. The molecule has 0 aliphatic rings. The van der Waals surface area contributed by atoms with Gasteiger partial charge in [-0.1, -0.05) is 0 Å². The van der Waals surface area contributed by atoms with Gasteiger partial charge in [-0.05, 0) is 49.5 Å². The van der Waals surface area contributed by atoms with E-state index in [2.05, 4.69) is 25.9 Å². The molecule has 4 N–H and O–H groups in total. The zero-order chi connectivity index (χ0) is 21.2. The van der Waals surface area contributed by atoms with E-state index >= 15 is 0 Å². The Balaban J connectivity index is 2.03. The third-order valence-electron chi connectivity index (χ3n) is 4.13. The van der Waals surface area contributed by atoms with Gasteiger partial charge in [-0.15, -0.1) is 0 Å². The van der Waals surface area contributed by atoms with Crippen molar-refractivity contribution >= 4 is 43.7 Å². The Morgan fingerprint density at radius 1 is 1.31 bits per heavy atom. The van der Waals surface area contributed by atoms with Crippen LogP contribution in [0.2, 0.25) is 0 Å². The second-order valence-corrected chi connectivity index (χ2v) is 9.16. The molecule has 0 spiro atoms. The molecule has 2 atom stereocenters. The third kappa shape index (κ3) is 5.12. The first-order chi connectivity index (χ1) is 13.7. The van der Waals surface area contributed by atoms with Gasteiger partial charge in [-0.2, -0.15) is 0 Å². The second kappa shape index (κ2) is 8.22. The van der Waals surface area contributed by atoms with Crippen LogP contribution in [0, 0.1) is 12.7 Å². The largest absolute Gasteiger partial charge is 0.487 e. The molecule has 154 valence electrons. The highest BCUT2D eigenvalue weighted by Gasteiger charge is 2.14. The minimum atomic E-state index is -2.42. The molecule has 0 fully saturated rings. The van der Waals surface area contributed by atoms with Crippen LogP contribution in [0.4, 0.5) is 21.6 Å². The quantitative estimate of drug-likeness (QED) is 0.510. The van der Waals surface area contributed by atoms with Crippen molar-refractivity contribution in [3.8, 4) is 5.75 Å². The van der Waals surface area contributed by atoms with E-state index < -0.39 is 15.5 Å². The fourth-order valence-electron chi connectivity index (χ4n) is 2.88. The number of anilines is 3. The highest BCUT2D eigenvalue weighted by Crippen LogP contribution is 2.33. The predicted octanol–water partition coefficient (Wildman–Crippen LogP) is 3.22. The van der Waals surface area contributed by atoms with Gasteiger partial charge in [-0.25, -0.2) is 18.6 Å². The second-order valence-electron chi connectivity index (χ2n) is 6.95. The Labute approximate surface area is 169 Å². The van der Waals surface area contributed by atoms with Crippen LogP contribution >= 0.6 is 0 Å². The summed E-state index contributed by atoms with van der Waals surface area (Å²) in [7, 11) is -2.42. The summed E-state index contributed by atoms with van der Waals surface area (Å²) in [6.07, 6.45) is 2.67. The summed E-state index contributed by atoms with van der Waals surface area (Å²) in [5, 5.41) is 3.99. The summed E-state index contributed by atoms with van der Waals surface area (Å²) in [6.45, 7) is 4.01. The van der Waals surface area contributed by atoms with E-state index in [0.29, 0.717) is 35.0 Å². The average Bonchev–Trinajstić information content (AvgIpc) is 2.62. The van der Waals surface area contributed by atoms with Crippen molar-refractivity contribution in [1.82, 2.24) is 9.97 Å². The number of fused-ring (bicyclic) bond motifs is 1. The van der Waals surface area contributed by atoms with Crippen LogP contribution in [-0.4, -0.2) is 39.0 Å². The molecule has 0 saturated carbocycles. The van der Waals surface area contributed by atoms with Gasteiger partial charge < -0.3 is 20.5 Å². The summed E-state index contributed by atoms with van der Waals surface area (Å²) >= 11 is 0. The van der Waals surface area contributed by atoms with Gasteiger partial charge in [0.25, 0.3) is 0 Å². The molecule has 0 aliphatic heterocycles. The monoisotopic (exact) mass is 417 g/mol. The number of hydrogen-bond acceptors (Lipinski definition) is 6. The molecule has 9 heteroatoms. The van der Waals surface area contributed by atoms with Crippen molar-refractivity contribution in [2.75, 3.05) is 22.8 Å². The number of nitrogens with one attached hydrogen (secondary N) is 2. The molecule has 1 heterocycles. The summed E-state index contributed by atoms with van der Waals surface area (Å²) in [4.78, 5) is 8.67. The number of nitrogens with zero attached hydrogens (tertiary/aromatic N) is 2. The number of nitrogens with two attached hydrogens (primary N) is 1. The van der Waals surface area contributed by atoms with Crippen LogP contribution in [0.25, 0.3) is 10.9 Å². The Morgan fingerprint density at radius 2 is 2.07 bits per heavy atom. The predicted molar refractivity (Wildman–Crippen MR) is 118 cm³/mol. The number of benzene rings is 2. The van der Waals surface area contributed by atoms with Crippen LogP contribution in [0.5, 0.6) is 5.75 Å². The molecular formula is C20H24FN5O2S. The number of halogens is 1. The molecule has 0 radical (unpaired) electrons. The lowest BCUT2D eigenvalue weighted by Crippen LogP contribution is -2.23. The Bertz CT molecular complexity index is 1150. The van der Waals surface area contributed by atoms with Crippen molar-refractivity contribution in [2.24, 2.45) is 5.73 Å².